The van der Waals surface area contributed by atoms with E-state index in [1.807, 2.05) is 6.08 Å². The molecule has 0 aromatic rings. The maximum absolute atomic E-state index is 7.77. The van der Waals surface area contributed by atoms with E-state index in [-0.39, 0.29) is 5.41 Å². The summed E-state index contributed by atoms with van der Waals surface area (Å²) in [5.41, 5.74) is 3.03. The van der Waals surface area contributed by atoms with Crippen LogP contribution in [0.25, 0.3) is 0 Å². The Balaban J connectivity index is 3.62. The number of allylic oxidation sites excluding steroid dienone is 1. The topological polar surface area (TPSA) is 0 Å². The van der Waals surface area contributed by atoms with Crippen molar-refractivity contribution in [3.8, 4) is 0 Å². The van der Waals surface area contributed by atoms with E-state index < -0.39 is 0 Å². The summed E-state index contributed by atoms with van der Waals surface area (Å²) in [6.07, 6.45) is 11.1. The first kappa shape index (κ1) is 12.6. The average Bonchev–Trinajstić information content (AvgIpc) is 2.20. The maximum atomic E-state index is 7.77. The van der Waals surface area contributed by atoms with Gasteiger partial charge in [-0.1, -0.05) is 59.8 Å². The van der Waals surface area contributed by atoms with Crippen molar-refractivity contribution in [2.24, 2.45) is 5.41 Å². The highest BCUT2D eigenvalue weighted by Gasteiger charge is 2.01. The Kier molecular flexibility index (Phi) is 7.38. The third kappa shape index (κ3) is 13.5. The fourth-order valence-corrected chi connectivity index (χ4v) is 1.37. The molecule has 0 rings (SSSR count). The van der Waals surface area contributed by atoms with Gasteiger partial charge in [0, 0.05) is 0 Å². The Morgan fingerprint density at radius 2 is 1.67 bits per heavy atom. The van der Waals surface area contributed by atoms with E-state index in [1.54, 1.807) is 0 Å². The van der Waals surface area contributed by atoms with Gasteiger partial charge in [0.1, 0.15) is 0 Å². The third-order valence-corrected chi connectivity index (χ3v) is 2.25. The molecule has 0 aliphatic rings. The molecule has 0 atom stereocenters. The fraction of sp³-hybridized carbons (Fsp3) is 0.800. The van der Waals surface area contributed by atoms with Crippen LogP contribution < -0.4 is 0 Å². The highest BCUT2D eigenvalue weighted by atomic mass is 14.1. The summed E-state index contributed by atoms with van der Waals surface area (Å²) in [5, 5.41) is 0. The molecule has 0 N–H and O–H groups in total. The van der Waals surface area contributed by atoms with Gasteiger partial charge in [-0.05, 0) is 30.4 Å². The Morgan fingerprint density at radius 1 is 1.07 bits per heavy atom. The smallest absolute Gasteiger partial charge is 0.0671 e. The second kappa shape index (κ2) is 8.80. The van der Waals surface area contributed by atoms with Crippen molar-refractivity contribution in [2.45, 2.75) is 72.6 Å². The van der Waals surface area contributed by atoms with Crippen LogP contribution in [0.5, 0.6) is 0 Å². The van der Waals surface area contributed by atoms with Crippen LogP contribution in [0, 0.1) is 5.41 Å². The minimum absolute atomic E-state index is 0.0579. The summed E-state index contributed by atoms with van der Waals surface area (Å²) in [5.74, 6) is 0. The molecular weight excluding hydrogens is 180 g/mol. The van der Waals surface area contributed by atoms with E-state index in [1.165, 1.54) is 38.5 Å². The number of unbranched alkanes of at least 4 members (excludes halogenated alkanes) is 6. The molecule has 0 unspecified atom stereocenters. The molecular formula is C15H28. The Morgan fingerprint density at radius 3 is 2.27 bits per heavy atom. The lowest BCUT2D eigenvalue weighted by Gasteiger charge is -2.08. The first-order valence-electron chi connectivity index (χ1n) is 6.90. The fourth-order valence-electron chi connectivity index (χ4n) is 1.37. The lowest BCUT2D eigenvalue weighted by Crippen LogP contribution is -1.96. The molecule has 15 heavy (non-hydrogen) atoms. The third-order valence-electron chi connectivity index (χ3n) is 2.25. The van der Waals surface area contributed by atoms with Gasteiger partial charge in [-0.25, -0.2) is 0 Å². The lowest BCUT2D eigenvalue weighted by molar-refractivity contribution is 0.545. The molecule has 0 saturated heterocycles. The number of hydrogen-bond acceptors (Lipinski definition) is 0. The van der Waals surface area contributed by atoms with Gasteiger partial charge >= 0.3 is 0 Å². The van der Waals surface area contributed by atoms with E-state index in [2.05, 4.69) is 33.4 Å². The van der Waals surface area contributed by atoms with Gasteiger partial charge in [0.2, 0.25) is 0 Å². The van der Waals surface area contributed by atoms with Gasteiger partial charge in [-0.2, -0.15) is 0 Å². The minimum Gasteiger partial charge on any atom is -0.129 e. The second-order valence-corrected chi connectivity index (χ2v) is 5.28. The van der Waals surface area contributed by atoms with E-state index in [0.29, 0.717) is 6.05 Å². The van der Waals surface area contributed by atoms with E-state index >= 15 is 0 Å². The molecule has 0 saturated carbocycles. The van der Waals surface area contributed by atoms with Crippen LogP contribution in [-0.4, -0.2) is 0 Å². The van der Waals surface area contributed by atoms with Crippen LogP contribution in [0.3, 0.4) is 0 Å². The molecule has 0 aliphatic heterocycles. The summed E-state index contributed by atoms with van der Waals surface area (Å²) in [6, 6.07) is 0.610. The van der Waals surface area contributed by atoms with Crippen LogP contribution in [0.15, 0.2) is 17.9 Å². The zero-order valence-corrected chi connectivity index (χ0v) is 11.0. The molecule has 0 nitrogen and oxygen atoms in total. The van der Waals surface area contributed by atoms with Crippen LogP contribution in [-0.2, 0) is 0 Å². The van der Waals surface area contributed by atoms with Crippen LogP contribution in [0.4, 0.5) is 0 Å². The van der Waals surface area contributed by atoms with Crippen molar-refractivity contribution in [1.29, 1.82) is 0 Å². The van der Waals surface area contributed by atoms with Gasteiger partial charge in [-0.3, -0.25) is 0 Å². The molecule has 0 aromatic carbocycles. The van der Waals surface area contributed by atoms with E-state index in [0.717, 1.165) is 6.42 Å². The predicted octanol–water partition coefficient (Wildman–Crippen LogP) is 5.49. The molecule has 0 aromatic heterocycles. The SMILES string of the molecule is [2H]C(=C=CCCCCCCCC)C(C)(C)C. The quantitative estimate of drug-likeness (QED) is 0.384. The standard InChI is InChI=1S/C15H28/c1-5-6-7-8-9-10-11-12-13-14-15(2,3)4/h12,14H,5-11H2,1-4H3/i14D. The minimum atomic E-state index is -0.0579. The van der Waals surface area contributed by atoms with Crippen LogP contribution in [0.1, 0.15) is 74.0 Å². The molecule has 0 heterocycles. The highest BCUT2D eigenvalue weighted by Crippen LogP contribution is 2.13. The predicted molar refractivity (Wildman–Crippen MR) is 70.1 cm³/mol. The summed E-state index contributed by atoms with van der Waals surface area (Å²) in [6.45, 7) is 8.42. The summed E-state index contributed by atoms with van der Waals surface area (Å²) in [7, 11) is 0. The summed E-state index contributed by atoms with van der Waals surface area (Å²) >= 11 is 0. The second-order valence-electron chi connectivity index (χ2n) is 5.28. The van der Waals surface area contributed by atoms with Gasteiger partial charge in [-0.15, -0.1) is 5.73 Å². The lowest BCUT2D eigenvalue weighted by atomic mass is 9.97. The molecule has 0 amide bonds. The largest absolute Gasteiger partial charge is 0.129 e. The van der Waals surface area contributed by atoms with Crippen molar-refractivity contribution in [1.82, 2.24) is 0 Å². The average molecular weight is 209 g/mol. The Hall–Kier alpha value is -0.480. The zero-order chi connectivity index (χ0) is 12.4. The van der Waals surface area contributed by atoms with Gasteiger partial charge in [0.15, 0.2) is 0 Å². The Bertz CT molecular complexity index is 226. The molecule has 0 spiro atoms. The monoisotopic (exact) mass is 209 g/mol. The first-order chi connectivity index (χ1) is 7.48. The zero-order valence-electron chi connectivity index (χ0n) is 12.0. The van der Waals surface area contributed by atoms with Crippen molar-refractivity contribution in [3.63, 3.8) is 0 Å². The maximum Gasteiger partial charge on any atom is 0.0671 e. The van der Waals surface area contributed by atoms with E-state index in [4.69, 9.17) is 1.37 Å². The molecule has 0 aliphatic carbocycles. The molecule has 0 bridgehead atoms. The molecule has 0 heteroatoms. The van der Waals surface area contributed by atoms with Gasteiger partial charge in [0.05, 0.1) is 1.37 Å². The molecule has 0 fully saturated rings. The van der Waals surface area contributed by atoms with Crippen LogP contribution in [0.2, 0.25) is 0 Å². The number of rotatable bonds is 7. The van der Waals surface area contributed by atoms with Gasteiger partial charge < -0.3 is 0 Å². The van der Waals surface area contributed by atoms with Crippen LogP contribution >= 0.6 is 0 Å². The summed E-state index contributed by atoms with van der Waals surface area (Å²) in [4.78, 5) is 0. The van der Waals surface area contributed by atoms with Gasteiger partial charge in [0.25, 0.3) is 0 Å². The van der Waals surface area contributed by atoms with Crippen molar-refractivity contribution in [2.75, 3.05) is 0 Å². The summed E-state index contributed by atoms with van der Waals surface area (Å²) < 4.78 is 7.77. The van der Waals surface area contributed by atoms with Crippen molar-refractivity contribution < 1.29 is 1.37 Å². The van der Waals surface area contributed by atoms with E-state index in [9.17, 15) is 0 Å². The van der Waals surface area contributed by atoms with Crippen molar-refractivity contribution >= 4 is 0 Å². The first-order valence-corrected chi connectivity index (χ1v) is 6.40. The number of hydrogen-bond donors (Lipinski definition) is 0. The normalized spacial score (nSPS) is 11.9. The Labute approximate surface area is 97.9 Å². The molecule has 88 valence electrons. The molecule has 0 radical (unpaired) electrons. The van der Waals surface area contributed by atoms with Crippen molar-refractivity contribution in [3.05, 3.63) is 17.9 Å². The highest BCUT2D eigenvalue weighted by molar-refractivity contribution is 4.92.